The molecule has 1 saturated heterocycles. The molecule has 2 fully saturated rings. The molecule has 0 aromatic heterocycles. The van der Waals surface area contributed by atoms with Gasteiger partial charge in [0, 0.05) is 25.8 Å². The summed E-state index contributed by atoms with van der Waals surface area (Å²) in [5.41, 5.74) is 0.534. The van der Waals surface area contributed by atoms with E-state index in [1.807, 2.05) is 0 Å². The fourth-order valence-electron chi connectivity index (χ4n) is 4.29. The number of benzene rings is 2. The number of rotatable bonds is 6. The Morgan fingerprint density at radius 3 is 1.94 bits per heavy atom. The van der Waals surface area contributed by atoms with Gasteiger partial charge in [-0.3, -0.25) is 19.2 Å². The number of carbonyl (C=O) groups is 4. The third-order valence-electron chi connectivity index (χ3n) is 6.16. The van der Waals surface area contributed by atoms with Gasteiger partial charge >= 0.3 is 0 Å². The number of carbonyl (C=O) groups excluding carboxylic acids is 4. The smallest absolute Gasteiger partial charge is 0.273 e. The van der Waals surface area contributed by atoms with Crippen LogP contribution < -0.4 is 4.74 Å². The molecule has 0 radical (unpaired) electrons. The van der Waals surface area contributed by atoms with Crippen LogP contribution in [0.25, 0.3) is 0 Å². The maximum absolute atomic E-state index is 13.5. The molecule has 1 aliphatic heterocycles. The zero-order valence-corrected chi connectivity index (χ0v) is 22.0. The van der Waals surface area contributed by atoms with Gasteiger partial charge < -0.3 is 4.74 Å². The lowest BCUT2D eigenvalue weighted by Crippen LogP contribution is -2.52. The van der Waals surface area contributed by atoms with Crippen molar-refractivity contribution in [3.63, 3.8) is 0 Å². The van der Waals surface area contributed by atoms with Crippen LogP contribution in [-0.4, -0.2) is 56.8 Å². The molecule has 1 aliphatic carbocycles. The normalized spacial score (nSPS) is 24.1. The third-order valence-corrected chi connectivity index (χ3v) is 9.15. The lowest BCUT2D eigenvalue weighted by atomic mass is 9.81. The van der Waals surface area contributed by atoms with E-state index in [1.54, 1.807) is 24.3 Å². The number of imide groups is 1. The molecule has 3 amide bonds. The van der Waals surface area contributed by atoms with Crippen LogP contribution in [0.1, 0.15) is 33.6 Å². The molecule has 2 aromatic rings. The number of hydrogen-bond donors (Lipinski definition) is 0. The molecule has 4 atom stereocenters. The number of hydrazine groups is 1. The first-order valence-corrected chi connectivity index (χ1v) is 12.8. The first kappa shape index (κ1) is 24.9. The number of fused-ring (bicyclic) bond motifs is 1. The number of methoxy groups -OCH3 is 1. The van der Waals surface area contributed by atoms with E-state index < -0.39 is 41.9 Å². The Bertz CT molecular complexity index is 1100. The average molecular weight is 613 g/mol. The maximum Gasteiger partial charge on any atom is 0.273 e. The van der Waals surface area contributed by atoms with Crippen molar-refractivity contribution in [3.05, 3.63) is 64.7 Å². The molecule has 10 heteroatoms. The zero-order valence-electron chi connectivity index (χ0n) is 18.1. The summed E-state index contributed by atoms with van der Waals surface area (Å²) < 4.78 is 5.12. The number of ether oxygens (including phenoxy) is 1. The predicted octanol–water partition coefficient (Wildman–Crippen LogP) is 4.51. The van der Waals surface area contributed by atoms with Crippen molar-refractivity contribution in [1.82, 2.24) is 10.0 Å². The van der Waals surface area contributed by atoms with Crippen molar-refractivity contribution in [2.75, 3.05) is 13.7 Å². The van der Waals surface area contributed by atoms with Gasteiger partial charge in [0.15, 0.2) is 5.78 Å². The van der Waals surface area contributed by atoms with Crippen LogP contribution in [0.2, 0.25) is 5.02 Å². The summed E-state index contributed by atoms with van der Waals surface area (Å²) in [5, 5.41) is 2.27. The SMILES string of the molecule is COc1ccc(C(=O)CN(C(=O)c2ccc(Cl)cc2)N2C(=O)[C@@H]3C[C@H](Br)[C@@H](Br)C[C@H]3C2=O)cc1. The van der Waals surface area contributed by atoms with Crippen LogP contribution in [0.5, 0.6) is 5.75 Å². The molecule has 0 unspecified atom stereocenters. The number of hydrogen-bond acceptors (Lipinski definition) is 5. The average Bonchev–Trinajstić information content (AvgIpc) is 3.07. The van der Waals surface area contributed by atoms with Crippen molar-refractivity contribution in [3.8, 4) is 5.75 Å². The molecule has 4 rings (SSSR count). The zero-order chi connectivity index (χ0) is 24.6. The predicted molar refractivity (Wildman–Crippen MR) is 133 cm³/mol. The van der Waals surface area contributed by atoms with Crippen molar-refractivity contribution >= 4 is 67.0 Å². The number of nitrogens with zero attached hydrogens (tertiary/aromatic N) is 2. The van der Waals surface area contributed by atoms with Crippen LogP contribution >= 0.6 is 43.5 Å². The number of ketones is 1. The largest absolute Gasteiger partial charge is 0.497 e. The highest BCUT2D eigenvalue weighted by molar-refractivity contribution is 9.12. The van der Waals surface area contributed by atoms with Crippen LogP contribution in [0.3, 0.4) is 0 Å². The van der Waals surface area contributed by atoms with E-state index in [4.69, 9.17) is 16.3 Å². The van der Waals surface area contributed by atoms with Gasteiger partial charge in [0.1, 0.15) is 12.3 Å². The molecule has 2 aromatic carbocycles. The second-order valence-electron chi connectivity index (χ2n) is 8.23. The van der Waals surface area contributed by atoms with Gasteiger partial charge in [-0.25, -0.2) is 5.01 Å². The highest BCUT2D eigenvalue weighted by Gasteiger charge is 2.54. The number of amides is 3. The summed E-state index contributed by atoms with van der Waals surface area (Å²) in [7, 11) is 1.52. The van der Waals surface area contributed by atoms with Gasteiger partial charge in [-0.2, -0.15) is 5.01 Å². The Morgan fingerprint density at radius 1 is 0.941 bits per heavy atom. The molecule has 0 bridgehead atoms. The Kier molecular flexibility index (Phi) is 7.45. The molecule has 34 heavy (non-hydrogen) atoms. The summed E-state index contributed by atoms with van der Waals surface area (Å²) in [5.74, 6) is -2.52. The molecule has 0 N–H and O–H groups in total. The molecular weight excluding hydrogens is 592 g/mol. The summed E-state index contributed by atoms with van der Waals surface area (Å²) in [6, 6.07) is 12.5. The number of alkyl halides is 2. The van der Waals surface area contributed by atoms with Gasteiger partial charge in [-0.05, 0) is 61.4 Å². The highest BCUT2D eigenvalue weighted by atomic mass is 79.9. The minimum atomic E-state index is -0.635. The summed E-state index contributed by atoms with van der Waals surface area (Å²) in [6.45, 7) is -0.472. The van der Waals surface area contributed by atoms with E-state index in [9.17, 15) is 19.2 Å². The fourth-order valence-corrected chi connectivity index (χ4v) is 5.66. The van der Waals surface area contributed by atoms with Crippen LogP contribution in [0.15, 0.2) is 48.5 Å². The molecule has 178 valence electrons. The molecular formula is C24H21Br2ClN2O5. The van der Waals surface area contributed by atoms with E-state index >= 15 is 0 Å². The summed E-state index contributed by atoms with van der Waals surface area (Å²) in [6.07, 6.45) is 0.911. The van der Waals surface area contributed by atoms with Gasteiger partial charge in [-0.1, -0.05) is 43.5 Å². The van der Waals surface area contributed by atoms with Crippen molar-refractivity contribution in [2.45, 2.75) is 22.5 Å². The van der Waals surface area contributed by atoms with Gasteiger partial charge in [0.05, 0.1) is 18.9 Å². The lowest BCUT2D eigenvalue weighted by Gasteiger charge is -2.30. The first-order chi connectivity index (χ1) is 16.2. The van der Waals surface area contributed by atoms with Crippen LogP contribution in [0.4, 0.5) is 0 Å². The first-order valence-electron chi connectivity index (χ1n) is 10.6. The van der Waals surface area contributed by atoms with E-state index in [0.717, 1.165) is 10.0 Å². The molecule has 1 saturated carbocycles. The van der Waals surface area contributed by atoms with Gasteiger partial charge in [0.2, 0.25) is 0 Å². The highest BCUT2D eigenvalue weighted by Crippen LogP contribution is 2.43. The second kappa shape index (κ2) is 10.2. The van der Waals surface area contributed by atoms with Crippen molar-refractivity contribution in [2.24, 2.45) is 11.8 Å². The quantitative estimate of drug-likeness (QED) is 0.273. The Hall–Kier alpha value is -2.23. The minimum Gasteiger partial charge on any atom is -0.497 e. The Labute approximate surface area is 218 Å². The summed E-state index contributed by atoms with van der Waals surface area (Å²) in [4.78, 5) is 53.4. The van der Waals surface area contributed by atoms with Crippen molar-refractivity contribution in [1.29, 1.82) is 0 Å². The Morgan fingerprint density at radius 2 is 1.44 bits per heavy atom. The van der Waals surface area contributed by atoms with Gasteiger partial charge in [-0.15, -0.1) is 0 Å². The topological polar surface area (TPSA) is 84.0 Å². The van der Waals surface area contributed by atoms with E-state index in [0.29, 0.717) is 29.2 Å². The van der Waals surface area contributed by atoms with E-state index in [2.05, 4.69) is 31.9 Å². The standard InChI is InChI=1S/C24H21Br2ClN2O5/c1-34-16-8-4-13(5-9-16)21(30)12-28(22(31)14-2-6-15(27)7-3-14)29-23(32)17-10-19(25)20(26)11-18(17)24(29)33/h2-9,17-20H,10-12H2,1H3/t17-,18-,19+,20+/m1/s1. The fraction of sp³-hybridized carbons (Fsp3) is 0.333. The third kappa shape index (κ3) is 4.78. The van der Waals surface area contributed by atoms with E-state index in [-0.39, 0.29) is 15.2 Å². The lowest BCUT2D eigenvalue weighted by molar-refractivity contribution is -0.154. The monoisotopic (exact) mass is 610 g/mol. The minimum absolute atomic E-state index is 0.0202. The van der Waals surface area contributed by atoms with Crippen molar-refractivity contribution < 1.29 is 23.9 Å². The summed E-state index contributed by atoms with van der Waals surface area (Å²) >= 11 is 13.1. The number of Topliss-reactive ketones (excluding diaryl/α,β-unsaturated/α-hetero) is 1. The molecule has 1 heterocycles. The molecule has 0 spiro atoms. The molecule has 2 aliphatic rings. The molecule has 7 nitrogen and oxygen atoms in total. The second-order valence-corrected chi connectivity index (χ2v) is 11.0. The number of halogens is 3. The van der Waals surface area contributed by atoms with E-state index in [1.165, 1.54) is 31.4 Å². The van der Waals surface area contributed by atoms with Crippen LogP contribution in [0, 0.1) is 11.8 Å². The maximum atomic E-state index is 13.5. The van der Waals surface area contributed by atoms with Crippen LogP contribution in [-0.2, 0) is 9.59 Å². The Balaban J connectivity index is 1.67. The van der Waals surface area contributed by atoms with Gasteiger partial charge in [0.25, 0.3) is 17.7 Å².